The first-order chi connectivity index (χ1) is 13.5. The molecule has 0 aromatic carbocycles. The highest BCUT2D eigenvalue weighted by atomic mass is 32.2. The van der Waals surface area contributed by atoms with Crippen LogP contribution in [0.15, 0.2) is 0 Å². The highest BCUT2D eigenvalue weighted by Crippen LogP contribution is 2.28. The maximum Gasteiger partial charge on any atom is 0.264 e. The average Bonchev–Trinajstić information content (AvgIpc) is 2.65. The zero-order chi connectivity index (χ0) is 20.5. The lowest BCUT2D eigenvalue weighted by Gasteiger charge is -2.25. The van der Waals surface area contributed by atoms with Gasteiger partial charge in [-0.25, -0.2) is 0 Å². The highest BCUT2D eigenvalue weighted by Gasteiger charge is 2.17. The standard InChI is InChI=1S/C19H38O8S/c1-18-3-5-19(6-4-18)17-26-14-13-24-10-9-22-7-8-23-11-12-25-15-16-27-28(2,20)21/h18-19H,3-17H2,1-2H3/t18-,19-. The Morgan fingerprint density at radius 3 is 1.46 bits per heavy atom. The van der Waals surface area contributed by atoms with Crippen molar-refractivity contribution in [3.05, 3.63) is 0 Å². The molecule has 0 aliphatic heterocycles. The lowest BCUT2D eigenvalue weighted by Crippen LogP contribution is -2.19. The molecule has 168 valence electrons. The van der Waals surface area contributed by atoms with E-state index in [1.807, 2.05) is 0 Å². The quantitative estimate of drug-likeness (QED) is 0.242. The van der Waals surface area contributed by atoms with Crippen LogP contribution >= 0.6 is 0 Å². The molecule has 0 aromatic heterocycles. The van der Waals surface area contributed by atoms with Crippen LogP contribution in [-0.2, 0) is 38.0 Å². The molecule has 0 atom stereocenters. The molecule has 0 N–H and O–H groups in total. The van der Waals surface area contributed by atoms with Gasteiger partial charge in [0, 0.05) is 6.61 Å². The molecule has 28 heavy (non-hydrogen) atoms. The van der Waals surface area contributed by atoms with Crippen LogP contribution in [0, 0.1) is 11.8 Å². The highest BCUT2D eigenvalue weighted by molar-refractivity contribution is 7.85. The van der Waals surface area contributed by atoms with Crippen LogP contribution in [0.25, 0.3) is 0 Å². The van der Waals surface area contributed by atoms with E-state index in [9.17, 15) is 8.42 Å². The molecule has 1 aliphatic carbocycles. The Morgan fingerprint density at radius 2 is 1.04 bits per heavy atom. The third-order valence-corrected chi connectivity index (χ3v) is 5.10. The van der Waals surface area contributed by atoms with Crippen molar-refractivity contribution >= 4 is 10.1 Å². The van der Waals surface area contributed by atoms with Gasteiger partial charge in [-0.05, 0) is 24.7 Å². The molecule has 1 aliphatic rings. The predicted octanol–water partition coefficient (Wildman–Crippen LogP) is 1.87. The largest absolute Gasteiger partial charge is 0.379 e. The van der Waals surface area contributed by atoms with Gasteiger partial charge in [0.1, 0.15) is 0 Å². The molecule has 1 rings (SSSR count). The Hall–Kier alpha value is -0.290. The summed E-state index contributed by atoms with van der Waals surface area (Å²) < 4.78 is 53.1. The molecule has 0 amide bonds. The van der Waals surface area contributed by atoms with Gasteiger partial charge in [-0.15, -0.1) is 0 Å². The minimum Gasteiger partial charge on any atom is -0.379 e. The monoisotopic (exact) mass is 426 g/mol. The smallest absolute Gasteiger partial charge is 0.264 e. The summed E-state index contributed by atoms with van der Waals surface area (Å²) in [6.07, 6.45) is 6.26. The van der Waals surface area contributed by atoms with Gasteiger partial charge in [-0.1, -0.05) is 19.8 Å². The van der Waals surface area contributed by atoms with Gasteiger partial charge in [0.15, 0.2) is 0 Å². The van der Waals surface area contributed by atoms with E-state index in [1.54, 1.807) is 0 Å². The second-order valence-electron chi connectivity index (χ2n) is 7.18. The molecule has 9 heteroatoms. The zero-order valence-corrected chi connectivity index (χ0v) is 18.3. The summed E-state index contributed by atoms with van der Waals surface area (Å²) in [4.78, 5) is 0. The van der Waals surface area contributed by atoms with Crippen LogP contribution in [-0.4, -0.2) is 87.3 Å². The zero-order valence-electron chi connectivity index (χ0n) is 17.4. The van der Waals surface area contributed by atoms with Crippen molar-refractivity contribution in [3.8, 4) is 0 Å². The summed E-state index contributed by atoms with van der Waals surface area (Å²) in [5, 5.41) is 0. The molecule has 1 saturated carbocycles. The first-order valence-corrected chi connectivity index (χ1v) is 12.0. The molecule has 0 bridgehead atoms. The maximum atomic E-state index is 10.7. The third kappa shape index (κ3) is 16.6. The van der Waals surface area contributed by atoms with Crippen molar-refractivity contribution in [1.29, 1.82) is 0 Å². The Balaban J connectivity index is 1.70. The van der Waals surface area contributed by atoms with Crippen LogP contribution < -0.4 is 0 Å². The van der Waals surface area contributed by atoms with Crippen LogP contribution in [0.3, 0.4) is 0 Å². The predicted molar refractivity (Wildman–Crippen MR) is 106 cm³/mol. The summed E-state index contributed by atoms with van der Waals surface area (Å²) in [7, 11) is -3.40. The Bertz CT molecular complexity index is 449. The number of ether oxygens (including phenoxy) is 5. The van der Waals surface area contributed by atoms with Gasteiger partial charge in [-0.3, -0.25) is 4.18 Å². The van der Waals surface area contributed by atoms with Gasteiger partial charge in [0.05, 0.1) is 72.3 Å². The molecule has 0 spiro atoms. The van der Waals surface area contributed by atoms with Crippen molar-refractivity contribution in [3.63, 3.8) is 0 Å². The first kappa shape index (κ1) is 25.7. The van der Waals surface area contributed by atoms with Crippen molar-refractivity contribution in [2.75, 3.05) is 78.9 Å². The molecule has 0 saturated heterocycles. The summed E-state index contributed by atoms with van der Waals surface area (Å²) >= 11 is 0. The molecular formula is C19H38O8S. The van der Waals surface area contributed by atoms with E-state index in [1.165, 1.54) is 25.7 Å². The molecule has 0 heterocycles. The molecule has 0 aromatic rings. The Kier molecular flexibility index (Phi) is 15.2. The van der Waals surface area contributed by atoms with Gasteiger partial charge in [0.2, 0.25) is 0 Å². The van der Waals surface area contributed by atoms with Gasteiger partial charge < -0.3 is 23.7 Å². The fourth-order valence-electron chi connectivity index (χ4n) is 2.87. The SMILES string of the molecule is CS(=O)(=O)OCCOCCOCCOCCOCCOC[C@H]1CC[C@H](C)CC1. The topological polar surface area (TPSA) is 89.5 Å². The van der Waals surface area contributed by atoms with Gasteiger partial charge >= 0.3 is 0 Å². The number of rotatable bonds is 18. The maximum absolute atomic E-state index is 10.7. The van der Waals surface area contributed by atoms with Crippen molar-refractivity contribution in [1.82, 2.24) is 0 Å². The summed E-state index contributed by atoms with van der Waals surface area (Å²) in [6, 6.07) is 0. The second kappa shape index (κ2) is 16.5. The van der Waals surface area contributed by atoms with Crippen molar-refractivity contribution in [2.45, 2.75) is 32.6 Å². The van der Waals surface area contributed by atoms with Gasteiger partial charge in [0.25, 0.3) is 10.1 Å². The van der Waals surface area contributed by atoms with E-state index in [-0.39, 0.29) is 13.2 Å². The molecular weight excluding hydrogens is 388 g/mol. The van der Waals surface area contributed by atoms with Gasteiger partial charge in [-0.2, -0.15) is 8.42 Å². The van der Waals surface area contributed by atoms with Crippen molar-refractivity contribution < 1.29 is 36.3 Å². The molecule has 1 fully saturated rings. The number of hydrogen-bond acceptors (Lipinski definition) is 8. The van der Waals surface area contributed by atoms with E-state index < -0.39 is 10.1 Å². The van der Waals surface area contributed by atoms with Crippen LogP contribution in [0.1, 0.15) is 32.6 Å². The lowest BCUT2D eigenvalue weighted by molar-refractivity contribution is -0.0162. The molecule has 0 radical (unpaired) electrons. The average molecular weight is 427 g/mol. The van der Waals surface area contributed by atoms with E-state index in [0.29, 0.717) is 52.9 Å². The second-order valence-corrected chi connectivity index (χ2v) is 8.82. The van der Waals surface area contributed by atoms with Crippen molar-refractivity contribution in [2.24, 2.45) is 11.8 Å². The van der Waals surface area contributed by atoms with Crippen LogP contribution in [0.4, 0.5) is 0 Å². The Labute approximate surface area is 170 Å². The minimum absolute atomic E-state index is 0.0207. The van der Waals surface area contributed by atoms with Crippen LogP contribution in [0.5, 0.6) is 0 Å². The van der Waals surface area contributed by atoms with E-state index >= 15 is 0 Å². The lowest BCUT2D eigenvalue weighted by atomic mass is 9.83. The molecule has 0 unspecified atom stereocenters. The van der Waals surface area contributed by atoms with Crippen LogP contribution in [0.2, 0.25) is 0 Å². The third-order valence-electron chi connectivity index (χ3n) is 4.50. The summed E-state index contributed by atoms with van der Waals surface area (Å²) in [6.45, 7) is 7.54. The fraction of sp³-hybridized carbons (Fsp3) is 1.00. The summed E-state index contributed by atoms with van der Waals surface area (Å²) in [5.74, 6) is 1.61. The fourth-order valence-corrected chi connectivity index (χ4v) is 3.24. The normalized spacial score (nSPS) is 20.5. The van der Waals surface area contributed by atoms with E-state index in [4.69, 9.17) is 23.7 Å². The first-order valence-electron chi connectivity index (χ1n) is 10.2. The van der Waals surface area contributed by atoms with E-state index in [0.717, 1.165) is 24.7 Å². The minimum atomic E-state index is -3.40. The summed E-state index contributed by atoms with van der Waals surface area (Å²) in [5.41, 5.74) is 0. The molecule has 8 nitrogen and oxygen atoms in total. The Morgan fingerprint density at radius 1 is 0.643 bits per heavy atom. The number of hydrogen-bond donors (Lipinski definition) is 0. The van der Waals surface area contributed by atoms with E-state index in [2.05, 4.69) is 11.1 Å².